The molecule has 0 spiro atoms. The molecule has 9 nitrogen and oxygen atoms in total. The molecule has 0 saturated carbocycles. The lowest BCUT2D eigenvalue weighted by Crippen LogP contribution is -2.35. The predicted octanol–water partition coefficient (Wildman–Crippen LogP) is 7.00. The molecule has 5 N–H and O–H groups in total. The highest BCUT2D eigenvalue weighted by molar-refractivity contribution is 6.39. The smallest absolute Gasteiger partial charge is 0.220 e. The summed E-state index contributed by atoms with van der Waals surface area (Å²) < 4.78 is 21.4. The molecule has 4 aromatic rings. The van der Waals surface area contributed by atoms with Crippen molar-refractivity contribution in [3.8, 4) is 28.1 Å². The molecule has 256 valence electrons. The highest BCUT2D eigenvalue weighted by atomic mass is 35.5. The molecule has 0 unspecified atom stereocenters. The number of methoxy groups -OCH3 is 1. The number of pyridine rings is 1. The second-order valence-electron chi connectivity index (χ2n) is 12.1. The summed E-state index contributed by atoms with van der Waals surface area (Å²) in [7, 11) is 1.61. The van der Waals surface area contributed by atoms with Crippen molar-refractivity contribution < 1.29 is 18.7 Å². The number of aromatic nitrogens is 1. The van der Waals surface area contributed by atoms with E-state index in [-0.39, 0.29) is 36.1 Å². The zero-order valence-corrected chi connectivity index (χ0v) is 29.0. The first-order valence-electron chi connectivity index (χ1n) is 16.1. The third-order valence-corrected chi connectivity index (χ3v) is 9.71. The number of halogens is 4. The molecule has 13 heteroatoms. The summed E-state index contributed by atoms with van der Waals surface area (Å²) in [5.74, 6) is 0.334. The van der Waals surface area contributed by atoms with E-state index in [1.807, 2.05) is 30.3 Å². The van der Waals surface area contributed by atoms with Crippen molar-refractivity contribution >= 4 is 58.0 Å². The predicted molar refractivity (Wildman–Crippen MR) is 192 cm³/mol. The topological polar surface area (TPSA) is 116 Å². The van der Waals surface area contributed by atoms with E-state index in [2.05, 4.69) is 31.6 Å². The van der Waals surface area contributed by atoms with Gasteiger partial charge in [0.2, 0.25) is 11.8 Å². The van der Waals surface area contributed by atoms with E-state index in [4.69, 9.17) is 39.5 Å². The Labute approximate surface area is 299 Å². The number of hydrogen-bond acceptors (Lipinski definition) is 7. The van der Waals surface area contributed by atoms with Gasteiger partial charge in [-0.2, -0.15) is 0 Å². The maximum Gasteiger partial charge on any atom is 0.220 e. The van der Waals surface area contributed by atoms with Crippen LogP contribution in [0, 0.1) is 5.82 Å². The van der Waals surface area contributed by atoms with Gasteiger partial charge in [0.1, 0.15) is 5.75 Å². The number of rotatable bonds is 13. The number of nitrogens with zero attached hydrogens (tertiary/aromatic N) is 1. The zero-order valence-electron chi connectivity index (χ0n) is 26.8. The molecule has 0 bridgehead atoms. The van der Waals surface area contributed by atoms with Gasteiger partial charge in [0.25, 0.3) is 0 Å². The van der Waals surface area contributed by atoms with Gasteiger partial charge in [-0.15, -0.1) is 0 Å². The van der Waals surface area contributed by atoms with Crippen LogP contribution in [0.5, 0.6) is 5.75 Å². The monoisotopic (exact) mass is 724 g/mol. The Morgan fingerprint density at radius 3 is 2.16 bits per heavy atom. The first-order valence-corrected chi connectivity index (χ1v) is 17.2. The van der Waals surface area contributed by atoms with E-state index in [1.165, 1.54) is 6.07 Å². The summed E-state index contributed by atoms with van der Waals surface area (Å²) in [6, 6.07) is 16.2. The Kier molecular flexibility index (Phi) is 11.2. The Morgan fingerprint density at radius 1 is 0.837 bits per heavy atom. The van der Waals surface area contributed by atoms with Crippen LogP contribution in [-0.2, 0) is 22.7 Å². The lowest BCUT2D eigenvalue weighted by molar-refractivity contribution is -0.120. The second kappa shape index (κ2) is 15.7. The minimum atomic E-state index is -0.462. The van der Waals surface area contributed by atoms with Gasteiger partial charge in [0.15, 0.2) is 5.82 Å². The Hall–Kier alpha value is -3.93. The quantitative estimate of drug-likeness (QED) is 0.101. The van der Waals surface area contributed by atoms with Gasteiger partial charge in [0, 0.05) is 90.1 Å². The molecule has 2 atom stereocenters. The standard InChI is InChI=1S/C36H36Cl3FN6O3/c1-49-30-14-20(5-6-21(30)16-41-18-24-7-9-31(47)44-24)36-34(39)27(11-12-43-36)26-3-2-4-28(33(26)38)46-29-15-23(37)13-22(35(29)40)17-42-19-25-8-10-32(48)45-25/h2-6,11-15,24-25,41-42,46H,7-10,16-19H2,1H3,(H,44,47)(H,45,48)/t24-,25+/m1/s1. The van der Waals surface area contributed by atoms with Crippen molar-refractivity contribution in [3.05, 3.63) is 92.8 Å². The summed E-state index contributed by atoms with van der Waals surface area (Å²) in [4.78, 5) is 27.6. The molecule has 2 saturated heterocycles. The fourth-order valence-electron chi connectivity index (χ4n) is 6.16. The lowest BCUT2D eigenvalue weighted by Gasteiger charge is -2.17. The van der Waals surface area contributed by atoms with Gasteiger partial charge in [-0.05, 0) is 43.2 Å². The highest BCUT2D eigenvalue weighted by Gasteiger charge is 2.22. The van der Waals surface area contributed by atoms with E-state index in [1.54, 1.807) is 31.5 Å². The van der Waals surface area contributed by atoms with Crippen LogP contribution in [0.1, 0.15) is 36.8 Å². The molecule has 2 aliphatic heterocycles. The van der Waals surface area contributed by atoms with Gasteiger partial charge in [-0.25, -0.2) is 4.39 Å². The maximum atomic E-state index is 15.7. The van der Waals surface area contributed by atoms with Crippen LogP contribution < -0.4 is 31.3 Å². The van der Waals surface area contributed by atoms with E-state index in [9.17, 15) is 9.59 Å². The van der Waals surface area contributed by atoms with E-state index in [0.717, 1.165) is 24.0 Å². The molecule has 2 fully saturated rings. The first-order chi connectivity index (χ1) is 23.7. The number of carbonyl (C=O) groups is 2. The van der Waals surface area contributed by atoms with Gasteiger partial charge in [-0.1, -0.05) is 59.1 Å². The number of amides is 2. The third kappa shape index (κ3) is 8.28. The molecule has 3 aromatic carbocycles. The van der Waals surface area contributed by atoms with Crippen LogP contribution in [0.3, 0.4) is 0 Å². The summed E-state index contributed by atoms with van der Waals surface area (Å²) in [6.45, 7) is 2.00. The summed E-state index contributed by atoms with van der Waals surface area (Å²) in [6.07, 6.45) is 4.30. The van der Waals surface area contributed by atoms with Gasteiger partial charge >= 0.3 is 0 Å². The molecule has 0 radical (unpaired) electrons. The average molecular weight is 726 g/mol. The van der Waals surface area contributed by atoms with Crippen LogP contribution in [0.15, 0.2) is 60.8 Å². The van der Waals surface area contributed by atoms with Crippen molar-refractivity contribution in [3.63, 3.8) is 0 Å². The Balaban J connectivity index is 1.19. The molecule has 6 rings (SSSR count). The fraction of sp³-hybridized carbons (Fsp3) is 0.306. The van der Waals surface area contributed by atoms with Crippen molar-refractivity contribution in [2.24, 2.45) is 0 Å². The van der Waals surface area contributed by atoms with Crippen LogP contribution in [0.2, 0.25) is 15.1 Å². The van der Waals surface area contributed by atoms with Crippen molar-refractivity contribution in [2.45, 2.75) is 50.9 Å². The van der Waals surface area contributed by atoms with E-state index in [0.29, 0.717) is 81.4 Å². The SMILES string of the molecule is COc1cc(-c2nccc(-c3cccc(Nc4cc(Cl)cc(CNC[C@@H]5CCC(=O)N5)c4F)c3Cl)c2Cl)ccc1CNC[C@H]1CCC(=O)N1. The molecule has 3 heterocycles. The van der Waals surface area contributed by atoms with Crippen LogP contribution >= 0.6 is 34.8 Å². The summed E-state index contributed by atoms with van der Waals surface area (Å²) >= 11 is 20.3. The number of nitrogens with one attached hydrogen (secondary N) is 5. The number of ether oxygens (including phenoxy) is 1. The zero-order chi connectivity index (χ0) is 34.5. The van der Waals surface area contributed by atoms with Crippen molar-refractivity contribution in [2.75, 3.05) is 25.5 Å². The minimum Gasteiger partial charge on any atom is -0.496 e. The fourth-order valence-corrected chi connectivity index (χ4v) is 7.00. The molecule has 2 aliphatic rings. The molecular weight excluding hydrogens is 690 g/mol. The number of carbonyl (C=O) groups excluding carboxylic acids is 2. The second-order valence-corrected chi connectivity index (χ2v) is 13.3. The molecule has 0 aliphatic carbocycles. The largest absolute Gasteiger partial charge is 0.496 e. The lowest BCUT2D eigenvalue weighted by atomic mass is 10.0. The molecular formula is C36H36Cl3FN6O3. The van der Waals surface area contributed by atoms with Gasteiger partial charge < -0.3 is 31.3 Å². The van der Waals surface area contributed by atoms with Crippen LogP contribution in [0.25, 0.3) is 22.4 Å². The Bertz CT molecular complexity index is 1880. The third-order valence-electron chi connectivity index (χ3n) is 8.70. The van der Waals surface area contributed by atoms with Gasteiger partial charge in [0.05, 0.1) is 34.2 Å². The first kappa shape index (κ1) is 34.9. The molecule has 2 amide bonds. The molecule has 1 aromatic heterocycles. The minimum absolute atomic E-state index is 0.0249. The van der Waals surface area contributed by atoms with E-state index < -0.39 is 5.82 Å². The number of benzene rings is 3. The van der Waals surface area contributed by atoms with E-state index >= 15 is 4.39 Å². The highest BCUT2D eigenvalue weighted by Crippen LogP contribution is 2.42. The number of anilines is 2. The summed E-state index contributed by atoms with van der Waals surface area (Å²) in [5.41, 5.74) is 4.58. The normalized spacial score (nSPS) is 17.2. The average Bonchev–Trinajstić information content (AvgIpc) is 3.71. The van der Waals surface area contributed by atoms with Gasteiger partial charge in [-0.3, -0.25) is 14.6 Å². The van der Waals surface area contributed by atoms with Crippen molar-refractivity contribution in [1.82, 2.24) is 26.3 Å². The molecule has 49 heavy (non-hydrogen) atoms. The van der Waals surface area contributed by atoms with Crippen molar-refractivity contribution in [1.29, 1.82) is 0 Å². The van der Waals surface area contributed by atoms with Crippen LogP contribution in [-0.4, -0.2) is 49.1 Å². The maximum absolute atomic E-state index is 15.7. The Morgan fingerprint density at radius 2 is 1.51 bits per heavy atom. The van der Waals surface area contributed by atoms with Crippen LogP contribution in [0.4, 0.5) is 15.8 Å². The summed E-state index contributed by atoms with van der Waals surface area (Å²) in [5, 5.41) is 16.7. The number of hydrogen-bond donors (Lipinski definition) is 5.